The van der Waals surface area contributed by atoms with Crippen molar-refractivity contribution in [1.29, 1.82) is 0 Å². The maximum absolute atomic E-state index is 12.5. The first-order valence-corrected chi connectivity index (χ1v) is 9.54. The van der Waals surface area contributed by atoms with Crippen molar-refractivity contribution in [1.82, 2.24) is 9.80 Å². The Morgan fingerprint density at radius 2 is 1.96 bits per heavy atom. The van der Waals surface area contributed by atoms with E-state index in [0.717, 1.165) is 64.8 Å². The number of amides is 1. The highest BCUT2D eigenvalue weighted by molar-refractivity contribution is 5.89. The number of hydrogen-bond acceptors (Lipinski definition) is 4. The first kappa shape index (κ1) is 16.9. The van der Waals surface area contributed by atoms with Gasteiger partial charge in [-0.3, -0.25) is 4.79 Å². The number of carbonyl (C=O) groups is 1. The molecule has 1 aliphatic carbocycles. The van der Waals surface area contributed by atoms with Crippen LogP contribution in [0.5, 0.6) is 5.75 Å². The normalized spacial score (nSPS) is 24.8. The zero-order chi connectivity index (χ0) is 17.5. The maximum Gasteiger partial charge on any atom is 0.254 e. The Bertz CT molecular complexity index is 648. The summed E-state index contributed by atoms with van der Waals surface area (Å²) in [7, 11) is 0. The number of rotatable bonds is 4. The largest absolute Gasteiger partial charge is 0.508 e. The Balaban J connectivity index is 1.34. The van der Waals surface area contributed by atoms with E-state index in [1.54, 1.807) is 6.07 Å². The lowest BCUT2D eigenvalue weighted by atomic mass is 9.87. The molecule has 25 heavy (non-hydrogen) atoms. The molecule has 1 N–H and O–H groups in total. The molecule has 0 unspecified atom stereocenters. The Morgan fingerprint density at radius 3 is 2.60 bits per heavy atom. The number of morpholine rings is 1. The molecule has 1 aromatic carbocycles. The second-order valence-corrected chi connectivity index (χ2v) is 7.86. The highest BCUT2D eigenvalue weighted by Gasteiger charge is 2.61. The van der Waals surface area contributed by atoms with Crippen LogP contribution in [0.25, 0.3) is 0 Å². The Hall–Kier alpha value is -1.59. The van der Waals surface area contributed by atoms with E-state index in [4.69, 9.17) is 4.74 Å². The van der Waals surface area contributed by atoms with Gasteiger partial charge in [0.1, 0.15) is 11.4 Å². The number of likely N-dealkylation sites (tertiary alicyclic amines) is 1. The molecule has 1 saturated carbocycles. The minimum atomic E-state index is -0.474. The molecule has 5 nitrogen and oxygen atoms in total. The Morgan fingerprint density at radius 1 is 1.20 bits per heavy atom. The third kappa shape index (κ3) is 3.27. The zero-order valence-electron chi connectivity index (χ0n) is 15.0. The van der Waals surface area contributed by atoms with Gasteiger partial charge in [-0.1, -0.05) is 12.1 Å². The van der Waals surface area contributed by atoms with Crippen molar-refractivity contribution in [3.63, 3.8) is 0 Å². The van der Waals surface area contributed by atoms with E-state index in [9.17, 15) is 9.90 Å². The lowest BCUT2D eigenvalue weighted by Gasteiger charge is -2.50. The number of likely N-dealkylation sites (N-methyl/N-ethyl adjacent to an activating group) is 1. The van der Waals surface area contributed by atoms with Crippen LogP contribution in [-0.4, -0.2) is 64.7 Å². The van der Waals surface area contributed by atoms with Crippen molar-refractivity contribution in [3.05, 3.63) is 29.8 Å². The molecular formula is C20H28N2O3. The number of phenolic OH excluding ortho intramolecular Hbond substituents is 1. The molecule has 2 aliphatic heterocycles. The van der Waals surface area contributed by atoms with Gasteiger partial charge in [-0.2, -0.15) is 0 Å². The van der Waals surface area contributed by atoms with Gasteiger partial charge in [-0.05, 0) is 56.7 Å². The SMILES string of the molecule is CCN1CC2(CCN(CCc3cccc(O)c3)CC2)OC2(CC2)C1=O. The van der Waals surface area contributed by atoms with Crippen LogP contribution in [0.15, 0.2) is 24.3 Å². The number of carbonyl (C=O) groups excluding carboxylic acids is 1. The van der Waals surface area contributed by atoms with Gasteiger partial charge in [0.25, 0.3) is 5.91 Å². The third-order valence-electron chi connectivity index (χ3n) is 6.05. The fourth-order valence-corrected chi connectivity index (χ4v) is 4.33. The molecule has 1 aromatic rings. The summed E-state index contributed by atoms with van der Waals surface area (Å²) < 4.78 is 6.43. The maximum atomic E-state index is 12.5. The van der Waals surface area contributed by atoms with Gasteiger partial charge in [0, 0.05) is 32.7 Å². The van der Waals surface area contributed by atoms with Crippen LogP contribution in [0.2, 0.25) is 0 Å². The number of piperidine rings is 1. The molecule has 5 heteroatoms. The van der Waals surface area contributed by atoms with Crippen LogP contribution in [0.3, 0.4) is 0 Å². The van der Waals surface area contributed by atoms with Gasteiger partial charge in [-0.25, -0.2) is 0 Å². The summed E-state index contributed by atoms with van der Waals surface area (Å²) in [6.45, 7) is 6.64. The van der Waals surface area contributed by atoms with Gasteiger partial charge in [0.05, 0.1) is 5.60 Å². The van der Waals surface area contributed by atoms with Crippen LogP contribution in [0.1, 0.15) is 38.2 Å². The van der Waals surface area contributed by atoms with E-state index in [1.165, 1.54) is 5.56 Å². The number of aromatic hydroxyl groups is 1. The number of nitrogens with zero attached hydrogens (tertiary/aromatic N) is 2. The number of phenols is 1. The second kappa shape index (κ2) is 6.29. The molecule has 2 spiro atoms. The van der Waals surface area contributed by atoms with E-state index in [-0.39, 0.29) is 11.5 Å². The summed E-state index contributed by atoms with van der Waals surface area (Å²) in [5.74, 6) is 0.552. The van der Waals surface area contributed by atoms with E-state index in [2.05, 4.69) is 17.9 Å². The number of benzene rings is 1. The summed E-state index contributed by atoms with van der Waals surface area (Å²) in [4.78, 5) is 17.0. The summed E-state index contributed by atoms with van der Waals surface area (Å²) in [6.07, 6.45) is 4.74. The highest BCUT2D eigenvalue weighted by Crippen LogP contribution is 2.49. The third-order valence-corrected chi connectivity index (χ3v) is 6.05. The standard InChI is InChI=1S/C20H28N2O3/c1-2-22-15-19(25-20(7-8-20)18(22)24)9-12-21(13-10-19)11-6-16-4-3-5-17(23)14-16/h3-5,14,23H,2,6-13,15H2,1H3. The van der Waals surface area contributed by atoms with Gasteiger partial charge in [-0.15, -0.1) is 0 Å². The number of ether oxygens (including phenoxy) is 1. The van der Waals surface area contributed by atoms with Gasteiger partial charge >= 0.3 is 0 Å². The lowest BCUT2D eigenvalue weighted by Crippen LogP contribution is -2.62. The molecular weight excluding hydrogens is 316 g/mol. The van der Waals surface area contributed by atoms with Crippen molar-refractivity contribution in [2.24, 2.45) is 0 Å². The molecule has 2 heterocycles. The van der Waals surface area contributed by atoms with Gasteiger partial charge in [0.2, 0.25) is 0 Å². The molecule has 4 rings (SSSR count). The van der Waals surface area contributed by atoms with Crippen molar-refractivity contribution < 1.29 is 14.6 Å². The minimum Gasteiger partial charge on any atom is -0.508 e. The summed E-state index contributed by atoms with van der Waals surface area (Å²) in [5, 5.41) is 9.58. The van der Waals surface area contributed by atoms with Crippen molar-refractivity contribution >= 4 is 5.91 Å². The Kier molecular flexibility index (Phi) is 4.24. The van der Waals surface area contributed by atoms with E-state index < -0.39 is 5.60 Å². The minimum absolute atomic E-state index is 0.137. The van der Waals surface area contributed by atoms with Crippen LogP contribution in [0, 0.1) is 0 Å². The summed E-state index contributed by atoms with van der Waals surface area (Å²) >= 11 is 0. The molecule has 0 atom stereocenters. The second-order valence-electron chi connectivity index (χ2n) is 7.86. The average molecular weight is 344 g/mol. The number of hydrogen-bond donors (Lipinski definition) is 1. The van der Waals surface area contributed by atoms with Crippen molar-refractivity contribution in [3.8, 4) is 5.75 Å². The Labute approximate surface area is 149 Å². The molecule has 1 amide bonds. The fourth-order valence-electron chi connectivity index (χ4n) is 4.33. The van der Waals surface area contributed by atoms with E-state index >= 15 is 0 Å². The summed E-state index contributed by atoms with van der Waals surface area (Å²) in [5.41, 5.74) is 0.564. The molecule has 136 valence electrons. The van der Waals surface area contributed by atoms with Crippen LogP contribution in [-0.2, 0) is 16.0 Å². The van der Waals surface area contributed by atoms with E-state index in [1.807, 2.05) is 17.0 Å². The predicted molar refractivity (Wildman–Crippen MR) is 95.5 cm³/mol. The summed E-state index contributed by atoms with van der Waals surface area (Å²) in [6, 6.07) is 7.52. The smallest absolute Gasteiger partial charge is 0.254 e. The van der Waals surface area contributed by atoms with Gasteiger partial charge < -0.3 is 19.6 Å². The van der Waals surface area contributed by atoms with Crippen LogP contribution >= 0.6 is 0 Å². The van der Waals surface area contributed by atoms with Crippen LogP contribution < -0.4 is 0 Å². The quantitative estimate of drug-likeness (QED) is 0.910. The predicted octanol–water partition coefficient (Wildman–Crippen LogP) is 2.18. The van der Waals surface area contributed by atoms with Crippen LogP contribution in [0.4, 0.5) is 0 Å². The highest BCUT2D eigenvalue weighted by atomic mass is 16.5. The van der Waals surface area contributed by atoms with Gasteiger partial charge in [0.15, 0.2) is 0 Å². The molecule has 0 radical (unpaired) electrons. The van der Waals surface area contributed by atoms with Crippen molar-refractivity contribution in [2.45, 2.75) is 50.2 Å². The topological polar surface area (TPSA) is 53.0 Å². The average Bonchev–Trinajstić information content (AvgIpc) is 3.38. The molecule has 3 fully saturated rings. The lowest BCUT2D eigenvalue weighted by molar-refractivity contribution is -0.200. The molecule has 2 saturated heterocycles. The monoisotopic (exact) mass is 344 g/mol. The fraction of sp³-hybridized carbons (Fsp3) is 0.650. The molecule has 0 bridgehead atoms. The zero-order valence-corrected chi connectivity index (χ0v) is 15.0. The first-order valence-electron chi connectivity index (χ1n) is 9.54. The molecule has 0 aromatic heterocycles. The molecule has 3 aliphatic rings. The first-order chi connectivity index (χ1) is 12.0. The van der Waals surface area contributed by atoms with Crippen molar-refractivity contribution in [2.75, 3.05) is 32.7 Å². The van der Waals surface area contributed by atoms with E-state index in [0.29, 0.717) is 5.75 Å².